The maximum atomic E-state index is 6.04. The lowest BCUT2D eigenvalue weighted by Gasteiger charge is -2.40. The molecule has 2 saturated heterocycles. The molecule has 7 heteroatoms. The van der Waals surface area contributed by atoms with Crippen molar-refractivity contribution in [3.05, 3.63) is 77.9 Å². The minimum atomic E-state index is 0. The molecule has 0 bridgehead atoms. The average Bonchev–Trinajstić information content (AvgIpc) is 3.51. The number of para-hydroxylation sites is 1. The second kappa shape index (κ2) is 9.49. The monoisotopic (exact) mass is 471 g/mol. The molecule has 1 aromatic heterocycles. The van der Waals surface area contributed by atoms with E-state index in [1.807, 2.05) is 24.0 Å². The predicted octanol–water partition coefficient (Wildman–Crippen LogP) is 4.91. The highest BCUT2D eigenvalue weighted by Gasteiger charge is 2.44. The zero-order valence-electron chi connectivity index (χ0n) is 19.6. The molecule has 0 N–H and O–H groups in total. The maximum absolute atomic E-state index is 6.04. The SMILES string of the molecule is C.COc1cc(/C=C2\CCCN3C2=NOC2CN(c4ccccc4)CC23)ccc1-n1cnc(C)c1. The standard InChI is InChI=1S/C27H29N5O2.CH4/c1-19-15-31(18-28-19)23-11-10-20(14-25(23)33-2)13-21-7-6-12-32-24-16-30(22-8-4-3-5-9-22)17-26(24)34-29-27(21)32;/h3-5,8-11,13-15,18,24,26H,6-7,12,16-17H2,1-2H3;1H4/b21-13+;. The summed E-state index contributed by atoms with van der Waals surface area (Å²) in [6, 6.07) is 17.2. The summed E-state index contributed by atoms with van der Waals surface area (Å²) < 4.78 is 7.70. The van der Waals surface area contributed by atoms with Crippen LogP contribution in [0, 0.1) is 6.92 Å². The van der Waals surface area contributed by atoms with Crippen molar-refractivity contribution >= 4 is 17.6 Å². The summed E-state index contributed by atoms with van der Waals surface area (Å²) in [5.74, 6) is 1.80. The normalized spacial score (nSPS) is 22.1. The van der Waals surface area contributed by atoms with Gasteiger partial charge in [-0.25, -0.2) is 4.98 Å². The molecule has 0 aliphatic carbocycles. The Morgan fingerprint density at radius 3 is 2.74 bits per heavy atom. The Morgan fingerprint density at radius 1 is 1.11 bits per heavy atom. The molecule has 2 atom stereocenters. The van der Waals surface area contributed by atoms with Crippen molar-refractivity contribution in [3.63, 3.8) is 0 Å². The van der Waals surface area contributed by atoms with Crippen LogP contribution < -0.4 is 9.64 Å². The smallest absolute Gasteiger partial charge is 0.171 e. The first-order valence-corrected chi connectivity index (χ1v) is 11.9. The van der Waals surface area contributed by atoms with Crippen LogP contribution >= 0.6 is 0 Å². The Bertz CT molecular complexity index is 1250. The van der Waals surface area contributed by atoms with Gasteiger partial charge in [-0.05, 0) is 61.2 Å². The molecule has 0 spiro atoms. The molecule has 182 valence electrons. The number of fused-ring (bicyclic) bond motifs is 3. The summed E-state index contributed by atoms with van der Waals surface area (Å²) in [6.07, 6.45) is 8.24. The fourth-order valence-electron chi connectivity index (χ4n) is 5.29. The van der Waals surface area contributed by atoms with Gasteiger partial charge >= 0.3 is 0 Å². The number of piperidine rings is 1. The topological polar surface area (TPSA) is 55.1 Å². The van der Waals surface area contributed by atoms with E-state index in [1.165, 1.54) is 11.3 Å². The second-order valence-electron chi connectivity index (χ2n) is 9.19. The number of hydrogen-bond donors (Lipinski definition) is 0. The Morgan fingerprint density at radius 2 is 1.97 bits per heavy atom. The second-order valence-corrected chi connectivity index (χ2v) is 9.19. The molecule has 3 aliphatic rings. The van der Waals surface area contributed by atoms with E-state index in [1.54, 1.807) is 7.11 Å². The molecule has 35 heavy (non-hydrogen) atoms. The highest BCUT2D eigenvalue weighted by molar-refractivity contribution is 6.03. The molecular formula is C28H33N5O2. The summed E-state index contributed by atoms with van der Waals surface area (Å²) >= 11 is 0. The quantitative estimate of drug-likeness (QED) is 0.541. The van der Waals surface area contributed by atoms with Gasteiger partial charge in [-0.15, -0.1) is 0 Å². The van der Waals surface area contributed by atoms with Crippen LogP contribution in [0.25, 0.3) is 11.8 Å². The number of benzene rings is 2. The number of oxime groups is 1. The van der Waals surface area contributed by atoms with Gasteiger partial charge in [0.25, 0.3) is 0 Å². The first-order valence-electron chi connectivity index (χ1n) is 11.9. The summed E-state index contributed by atoms with van der Waals surface area (Å²) in [5, 5.41) is 4.61. The average molecular weight is 472 g/mol. The van der Waals surface area contributed by atoms with Gasteiger partial charge in [-0.3, -0.25) is 0 Å². The molecule has 2 fully saturated rings. The molecule has 3 aliphatic heterocycles. The summed E-state index contributed by atoms with van der Waals surface area (Å²) in [4.78, 5) is 15.3. The van der Waals surface area contributed by atoms with Crippen molar-refractivity contribution in [1.82, 2.24) is 14.5 Å². The Balaban J connectivity index is 0.00000253. The molecule has 0 radical (unpaired) electrons. The van der Waals surface area contributed by atoms with Crippen molar-refractivity contribution in [2.75, 3.05) is 31.6 Å². The maximum Gasteiger partial charge on any atom is 0.171 e. The zero-order valence-corrected chi connectivity index (χ0v) is 19.6. The number of methoxy groups -OCH3 is 1. The van der Waals surface area contributed by atoms with Crippen molar-refractivity contribution in [3.8, 4) is 11.4 Å². The van der Waals surface area contributed by atoms with E-state index in [0.717, 1.165) is 61.0 Å². The minimum Gasteiger partial charge on any atom is -0.495 e. The highest BCUT2D eigenvalue weighted by Crippen LogP contribution is 2.34. The summed E-state index contributed by atoms with van der Waals surface area (Å²) in [7, 11) is 1.71. The zero-order chi connectivity index (χ0) is 23.1. The number of ether oxygens (including phenoxy) is 1. The highest BCUT2D eigenvalue weighted by atomic mass is 16.6. The van der Waals surface area contributed by atoms with Crippen molar-refractivity contribution in [2.24, 2.45) is 5.16 Å². The molecule has 2 unspecified atom stereocenters. The van der Waals surface area contributed by atoms with E-state index in [-0.39, 0.29) is 13.5 Å². The molecule has 2 aromatic carbocycles. The van der Waals surface area contributed by atoms with Crippen molar-refractivity contribution in [1.29, 1.82) is 0 Å². The third-order valence-corrected chi connectivity index (χ3v) is 6.97. The fourth-order valence-corrected chi connectivity index (χ4v) is 5.29. The molecule has 0 saturated carbocycles. The van der Waals surface area contributed by atoms with Gasteiger partial charge in [0.2, 0.25) is 0 Å². The number of rotatable bonds is 4. The lowest BCUT2D eigenvalue weighted by Crippen LogP contribution is -2.53. The van der Waals surface area contributed by atoms with Crippen LogP contribution in [-0.2, 0) is 4.84 Å². The fraction of sp³-hybridized carbons (Fsp3) is 0.357. The number of aromatic nitrogens is 2. The lowest BCUT2D eigenvalue weighted by atomic mass is 9.97. The van der Waals surface area contributed by atoms with Gasteiger partial charge in [0.15, 0.2) is 11.9 Å². The third kappa shape index (κ3) is 4.27. The van der Waals surface area contributed by atoms with E-state index in [2.05, 4.69) is 74.5 Å². The molecule has 4 heterocycles. The molecule has 3 aromatic rings. The first-order chi connectivity index (χ1) is 16.7. The van der Waals surface area contributed by atoms with Gasteiger partial charge in [-0.1, -0.05) is 36.8 Å². The van der Waals surface area contributed by atoms with Crippen LogP contribution in [0.4, 0.5) is 5.69 Å². The lowest BCUT2D eigenvalue weighted by molar-refractivity contribution is 0.00690. The van der Waals surface area contributed by atoms with Crippen LogP contribution in [0.15, 0.2) is 71.8 Å². The van der Waals surface area contributed by atoms with Crippen LogP contribution in [0.5, 0.6) is 5.75 Å². The Hall–Kier alpha value is -3.74. The number of aryl methyl sites for hydroxylation is 1. The van der Waals surface area contributed by atoms with Crippen molar-refractivity contribution < 1.29 is 9.57 Å². The molecule has 6 rings (SSSR count). The molecule has 7 nitrogen and oxygen atoms in total. The summed E-state index contributed by atoms with van der Waals surface area (Å²) in [5.41, 5.74) is 5.51. The number of imidazole rings is 1. The number of nitrogens with zero attached hydrogens (tertiary/aromatic N) is 5. The van der Waals surface area contributed by atoms with E-state index in [0.29, 0.717) is 6.04 Å². The van der Waals surface area contributed by atoms with Gasteiger partial charge in [0.1, 0.15) is 5.75 Å². The largest absolute Gasteiger partial charge is 0.495 e. The van der Waals surface area contributed by atoms with Gasteiger partial charge < -0.3 is 23.9 Å². The van der Waals surface area contributed by atoms with E-state index >= 15 is 0 Å². The number of anilines is 1. The van der Waals surface area contributed by atoms with Crippen molar-refractivity contribution in [2.45, 2.75) is 39.3 Å². The number of amidine groups is 1. The Kier molecular flexibility index (Phi) is 6.24. The third-order valence-electron chi connectivity index (χ3n) is 6.97. The van der Waals surface area contributed by atoms with Crippen LogP contribution in [0.1, 0.15) is 31.5 Å². The van der Waals surface area contributed by atoms with Gasteiger partial charge in [0.05, 0.1) is 37.4 Å². The molecular weight excluding hydrogens is 438 g/mol. The number of hydrogen-bond acceptors (Lipinski definition) is 6. The summed E-state index contributed by atoms with van der Waals surface area (Å²) in [6.45, 7) is 4.82. The first kappa shape index (κ1) is 23.0. The predicted molar refractivity (Wildman–Crippen MR) is 140 cm³/mol. The van der Waals surface area contributed by atoms with Crippen LogP contribution in [0.3, 0.4) is 0 Å². The van der Waals surface area contributed by atoms with E-state index in [4.69, 9.17) is 9.57 Å². The minimum absolute atomic E-state index is 0. The van der Waals surface area contributed by atoms with Crippen LogP contribution in [0.2, 0.25) is 0 Å². The Labute approximate surface area is 207 Å². The van der Waals surface area contributed by atoms with Gasteiger partial charge in [-0.2, -0.15) is 0 Å². The van der Waals surface area contributed by atoms with Gasteiger partial charge in [0, 0.05) is 25.0 Å². The van der Waals surface area contributed by atoms with E-state index < -0.39 is 0 Å². The molecule has 0 amide bonds. The van der Waals surface area contributed by atoms with E-state index in [9.17, 15) is 0 Å². The van der Waals surface area contributed by atoms with Crippen LogP contribution in [-0.4, -0.2) is 59.2 Å².